The molecular weight excluding hydrogens is 414 g/mol. The molecule has 0 aliphatic rings. The van der Waals surface area contributed by atoms with Gasteiger partial charge in [-0.3, -0.25) is 9.97 Å². The zero-order chi connectivity index (χ0) is 24.0. The molecule has 8 heteroatoms. The molecule has 8 nitrogen and oxygen atoms in total. The average Bonchev–Trinajstić information content (AvgIpc) is 2.83. The van der Waals surface area contributed by atoms with Crippen LogP contribution in [0.2, 0.25) is 0 Å². The summed E-state index contributed by atoms with van der Waals surface area (Å²) in [5.74, 6) is 6.29. The first-order chi connectivity index (χ1) is 15.7. The highest BCUT2D eigenvalue weighted by atomic mass is 16.3. The molecule has 2 heterocycles. The second kappa shape index (κ2) is 10.2. The van der Waals surface area contributed by atoms with Gasteiger partial charge in [-0.2, -0.15) is 5.26 Å². The zero-order valence-electron chi connectivity index (χ0n) is 19.1. The molecule has 0 amide bonds. The molecule has 0 bridgehead atoms. The molecule has 5 N–H and O–H groups in total. The number of anilines is 2. The number of nitrogens with zero attached hydrogens (tertiary/aromatic N) is 4. The summed E-state index contributed by atoms with van der Waals surface area (Å²) in [5.41, 5.74) is 5.27. The lowest BCUT2D eigenvalue weighted by molar-refractivity contribution is 0.281. The summed E-state index contributed by atoms with van der Waals surface area (Å²) in [5, 5.41) is 31.9. The summed E-state index contributed by atoms with van der Waals surface area (Å²) in [6.45, 7) is 6.27. The number of aromatic nitrogens is 2. The van der Waals surface area contributed by atoms with Crippen LogP contribution in [0.3, 0.4) is 0 Å². The van der Waals surface area contributed by atoms with E-state index in [9.17, 15) is 10.4 Å². The third-order valence-electron chi connectivity index (χ3n) is 5.45. The number of nitriles is 1. The highest BCUT2D eigenvalue weighted by Crippen LogP contribution is 2.24. The molecule has 0 saturated carbocycles. The Morgan fingerprint density at radius 2 is 2.00 bits per heavy atom. The number of rotatable bonds is 9. The Balaban J connectivity index is 1.71. The largest absolute Gasteiger partial charge is 0.392 e. The second-order valence-corrected chi connectivity index (χ2v) is 8.47. The minimum Gasteiger partial charge on any atom is -0.392 e. The van der Waals surface area contributed by atoms with E-state index < -0.39 is 5.41 Å². The number of nitrogens with one attached hydrogen (secondary N) is 2. The number of aliphatic hydroxyl groups excluding tert-OH is 1. The van der Waals surface area contributed by atoms with Gasteiger partial charge in [0.05, 0.1) is 53.6 Å². The highest BCUT2D eigenvalue weighted by Gasteiger charge is 2.19. The van der Waals surface area contributed by atoms with Crippen molar-refractivity contribution in [3.8, 4) is 6.07 Å². The van der Waals surface area contributed by atoms with Gasteiger partial charge in [0, 0.05) is 24.5 Å². The second-order valence-electron chi connectivity index (χ2n) is 8.47. The smallest absolute Gasteiger partial charge is 0.0766 e. The van der Waals surface area contributed by atoms with Crippen molar-refractivity contribution in [1.29, 1.82) is 10.7 Å². The minimum absolute atomic E-state index is 0.131. The van der Waals surface area contributed by atoms with Gasteiger partial charge >= 0.3 is 0 Å². The Kier molecular flexibility index (Phi) is 7.38. The van der Waals surface area contributed by atoms with Crippen molar-refractivity contribution in [3.05, 3.63) is 82.9 Å². The highest BCUT2D eigenvalue weighted by molar-refractivity contribution is 6.01. The van der Waals surface area contributed by atoms with Gasteiger partial charge in [-0.15, -0.1) is 0 Å². The van der Waals surface area contributed by atoms with Crippen molar-refractivity contribution in [1.82, 2.24) is 9.97 Å². The maximum Gasteiger partial charge on any atom is 0.0766 e. The maximum atomic E-state index is 9.40. The molecule has 0 spiro atoms. The number of nitrogens with two attached hydrogens (primary N) is 1. The minimum atomic E-state index is -0.550. The Morgan fingerprint density at radius 3 is 2.73 bits per heavy atom. The monoisotopic (exact) mass is 443 g/mol. The Hall–Kier alpha value is -3.80. The molecule has 0 aliphatic carbocycles. The SMILES string of the molecule is Cc1ncc(NCc2cccc(C(C)(C)C#N)c2)cc1N(N)CC(=N)c1cncc(CO)c1. The van der Waals surface area contributed by atoms with Crippen molar-refractivity contribution < 1.29 is 5.11 Å². The van der Waals surface area contributed by atoms with E-state index in [0.29, 0.717) is 23.4 Å². The van der Waals surface area contributed by atoms with E-state index in [0.717, 1.165) is 22.5 Å². The molecule has 0 radical (unpaired) electrons. The molecule has 0 atom stereocenters. The lowest BCUT2D eigenvalue weighted by atomic mass is 9.85. The van der Waals surface area contributed by atoms with Gasteiger partial charge in [0.2, 0.25) is 0 Å². The average molecular weight is 444 g/mol. The number of aliphatic hydroxyl groups is 1. The summed E-state index contributed by atoms with van der Waals surface area (Å²) in [6.07, 6.45) is 4.90. The van der Waals surface area contributed by atoms with E-state index in [1.54, 1.807) is 24.7 Å². The van der Waals surface area contributed by atoms with Crippen LogP contribution in [0.4, 0.5) is 11.4 Å². The van der Waals surface area contributed by atoms with E-state index in [1.807, 2.05) is 51.1 Å². The molecule has 3 aromatic rings. The van der Waals surface area contributed by atoms with Crippen LogP contribution >= 0.6 is 0 Å². The summed E-state index contributed by atoms with van der Waals surface area (Å²) < 4.78 is 0. The lowest BCUT2D eigenvalue weighted by Crippen LogP contribution is -2.37. The molecule has 0 saturated heterocycles. The molecule has 0 fully saturated rings. The summed E-state index contributed by atoms with van der Waals surface area (Å²) in [4.78, 5) is 8.51. The van der Waals surface area contributed by atoms with Crippen molar-refractivity contribution >= 4 is 17.1 Å². The predicted octanol–water partition coefficient (Wildman–Crippen LogP) is 3.44. The van der Waals surface area contributed by atoms with Gasteiger partial charge in [-0.1, -0.05) is 24.3 Å². The number of hydrazine groups is 1. The standard InChI is InChI=1S/C25H29N7O/c1-17-24(32(28)14-23(27)20-7-19(15-33)10-29-12-20)9-22(13-30-17)31-11-18-5-4-6-21(8-18)25(2,3)16-26/h4-10,12-13,27,31,33H,11,14-15,28H2,1-3H3. The van der Waals surface area contributed by atoms with E-state index >= 15 is 0 Å². The molecule has 33 heavy (non-hydrogen) atoms. The first kappa shape index (κ1) is 23.9. The first-order valence-electron chi connectivity index (χ1n) is 10.6. The van der Waals surface area contributed by atoms with Gasteiger partial charge in [0.15, 0.2) is 0 Å². The molecule has 3 rings (SSSR count). The molecule has 1 aromatic carbocycles. The van der Waals surface area contributed by atoms with Crippen molar-refractivity contribution in [2.24, 2.45) is 5.84 Å². The van der Waals surface area contributed by atoms with Crippen LogP contribution in [-0.2, 0) is 18.6 Å². The molecular formula is C25H29N7O. The Labute approximate surface area is 194 Å². The van der Waals surface area contributed by atoms with E-state index in [4.69, 9.17) is 11.3 Å². The fraction of sp³-hybridized carbons (Fsp3) is 0.280. The van der Waals surface area contributed by atoms with Crippen molar-refractivity contribution in [2.75, 3.05) is 16.9 Å². The molecule has 2 aromatic heterocycles. The molecule has 170 valence electrons. The summed E-state index contributed by atoms with van der Waals surface area (Å²) in [6, 6.07) is 13.9. The van der Waals surface area contributed by atoms with Gasteiger partial charge in [0.1, 0.15) is 0 Å². The Morgan fingerprint density at radius 1 is 1.21 bits per heavy atom. The number of hydrogen-bond donors (Lipinski definition) is 4. The number of hydrogen-bond acceptors (Lipinski definition) is 8. The third-order valence-corrected chi connectivity index (χ3v) is 5.45. The van der Waals surface area contributed by atoms with Crippen molar-refractivity contribution in [2.45, 2.75) is 39.3 Å². The van der Waals surface area contributed by atoms with E-state index in [1.165, 1.54) is 5.01 Å². The first-order valence-corrected chi connectivity index (χ1v) is 10.6. The number of aryl methyl sites for hydroxylation is 1. The fourth-order valence-electron chi connectivity index (χ4n) is 3.33. The van der Waals surface area contributed by atoms with Crippen LogP contribution in [0.25, 0.3) is 0 Å². The van der Waals surface area contributed by atoms with Crippen LogP contribution in [-0.4, -0.2) is 27.3 Å². The quantitative estimate of drug-likeness (QED) is 0.226. The normalized spacial score (nSPS) is 11.0. The number of benzene rings is 1. The van der Waals surface area contributed by atoms with Crippen LogP contribution in [0.5, 0.6) is 0 Å². The van der Waals surface area contributed by atoms with E-state index in [2.05, 4.69) is 21.4 Å². The number of pyridine rings is 2. The maximum absolute atomic E-state index is 9.40. The van der Waals surface area contributed by atoms with Gasteiger partial charge in [0.25, 0.3) is 0 Å². The summed E-state index contributed by atoms with van der Waals surface area (Å²) >= 11 is 0. The van der Waals surface area contributed by atoms with Crippen LogP contribution in [0.1, 0.15) is 41.8 Å². The van der Waals surface area contributed by atoms with Gasteiger partial charge in [-0.05, 0) is 49.6 Å². The van der Waals surface area contributed by atoms with Crippen molar-refractivity contribution in [3.63, 3.8) is 0 Å². The van der Waals surface area contributed by atoms with Crippen LogP contribution < -0.4 is 16.2 Å². The third kappa shape index (κ3) is 5.92. The fourth-order valence-corrected chi connectivity index (χ4v) is 3.33. The zero-order valence-corrected chi connectivity index (χ0v) is 19.1. The van der Waals surface area contributed by atoms with Crippen LogP contribution in [0, 0.1) is 23.7 Å². The molecule has 0 unspecified atom stereocenters. The summed E-state index contributed by atoms with van der Waals surface area (Å²) in [7, 11) is 0. The topological polar surface area (TPSA) is 135 Å². The van der Waals surface area contributed by atoms with Crippen LogP contribution in [0.15, 0.2) is 55.0 Å². The van der Waals surface area contributed by atoms with E-state index in [-0.39, 0.29) is 18.9 Å². The predicted molar refractivity (Wildman–Crippen MR) is 130 cm³/mol. The molecule has 0 aliphatic heterocycles. The lowest BCUT2D eigenvalue weighted by Gasteiger charge is -2.22. The Bertz CT molecular complexity index is 1180. The van der Waals surface area contributed by atoms with Gasteiger partial charge < -0.3 is 20.8 Å². The van der Waals surface area contributed by atoms with Gasteiger partial charge in [-0.25, -0.2) is 5.84 Å².